The first kappa shape index (κ1) is 15.0. The zero-order chi connectivity index (χ0) is 15.2. The van der Waals surface area contributed by atoms with Crippen molar-refractivity contribution < 1.29 is 9.59 Å². The molecule has 0 spiro atoms. The lowest BCUT2D eigenvalue weighted by Crippen LogP contribution is -2.33. The number of amides is 2. The zero-order valence-electron chi connectivity index (χ0n) is 11.4. The van der Waals surface area contributed by atoms with Gasteiger partial charge in [-0.05, 0) is 42.8 Å². The number of benzene rings is 1. The Kier molecular flexibility index (Phi) is 4.90. The second-order valence-corrected chi connectivity index (χ2v) is 4.87. The number of aromatic nitrogens is 1. The van der Waals surface area contributed by atoms with Gasteiger partial charge in [-0.25, -0.2) is 0 Å². The Morgan fingerprint density at radius 3 is 2.76 bits per heavy atom. The Balaban J connectivity index is 1.89. The molecule has 5 nitrogen and oxygen atoms in total. The maximum atomic E-state index is 11.8. The van der Waals surface area contributed by atoms with E-state index in [0.717, 1.165) is 5.56 Å². The Labute approximate surface area is 127 Å². The van der Waals surface area contributed by atoms with Crippen LogP contribution in [0.4, 0.5) is 5.69 Å². The molecule has 1 heterocycles. The largest absolute Gasteiger partial charge is 0.343 e. The molecule has 6 heteroatoms. The van der Waals surface area contributed by atoms with Gasteiger partial charge in [0.25, 0.3) is 5.91 Å². The van der Waals surface area contributed by atoms with Crippen molar-refractivity contribution >= 4 is 29.1 Å². The highest BCUT2D eigenvalue weighted by atomic mass is 35.5. The van der Waals surface area contributed by atoms with Crippen LogP contribution in [-0.4, -0.2) is 23.3 Å². The number of nitrogens with one attached hydrogen (secondary N) is 2. The molecule has 0 aliphatic carbocycles. The SMILES string of the molecule is Cc1cc(Cl)ccc1NC(=O)CNC(=O)c1cccnc1. The van der Waals surface area contributed by atoms with Gasteiger partial charge in [0, 0.05) is 23.1 Å². The smallest absolute Gasteiger partial charge is 0.253 e. The molecular formula is C15H14ClN3O2. The molecule has 2 amide bonds. The number of hydrogen-bond acceptors (Lipinski definition) is 3. The van der Waals surface area contributed by atoms with Crippen LogP contribution >= 0.6 is 11.6 Å². The van der Waals surface area contributed by atoms with Crippen LogP contribution in [0, 0.1) is 6.92 Å². The van der Waals surface area contributed by atoms with E-state index in [2.05, 4.69) is 15.6 Å². The van der Waals surface area contributed by atoms with E-state index < -0.39 is 0 Å². The van der Waals surface area contributed by atoms with Crippen molar-refractivity contribution in [1.29, 1.82) is 0 Å². The van der Waals surface area contributed by atoms with Crippen molar-refractivity contribution in [2.75, 3.05) is 11.9 Å². The van der Waals surface area contributed by atoms with Gasteiger partial charge in [0.15, 0.2) is 0 Å². The Bertz CT molecular complexity index is 659. The standard InChI is InChI=1S/C15H14ClN3O2/c1-10-7-12(16)4-5-13(10)19-14(20)9-18-15(21)11-3-2-6-17-8-11/h2-8H,9H2,1H3,(H,18,21)(H,19,20). The molecule has 21 heavy (non-hydrogen) atoms. The highest BCUT2D eigenvalue weighted by molar-refractivity contribution is 6.30. The number of carbonyl (C=O) groups is 2. The summed E-state index contributed by atoms with van der Waals surface area (Å²) >= 11 is 5.85. The highest BCUT2D eigenvalue weighted by Gasteiger charge is 2.09. The zero-order valence-corrected chi connectivity index (χ0v) is 12.1. The van der Waals surface area contributed by atoms with Crippen LogP contribution in [0.25, 0.3) is 0 Å². The van der Waals surface area contributed by atoms with Crippen molar-refractivity contribution in [2.45, 2.75) is 6.92 Å². The van der Waals surface area contributed by atoms with E-state index in [4.69, 9.17) is 11.6 Å². The molecule has 2 aromatic rings. The van der Waals surface area contributed by atoms with Crippen molar-refractivity contribution in [3.8, 4) is 0 Å². The Morgan fingerprint density at radius 1 is 1.29 bits per heavy atom. The first-order chi connectivity index (χ1) is 10.1. The summed E-state index contributed by atoms with van der Waals surface area (Å²) in [6, 6.07) is 8.46. The first-order valence-electron chi connectivity index (χ1n) is 6.30. The van der Waals surface area contributed by atoms with Crippen molar-refractivity contribution in [2.24, 2.45) is 0 Å². The molecule has 1 aromatic carbocycles. The van der Waals surface area contributed by atoms with Gasteiger partial charge in [0.2, 0.25) is 5.91 Å². The second kappa shape index (κ2) is 6.85. The van der Waals surface area contributed by atoms with Crippen LogP contribution in [0.5, 0.6) is 0 Å². The maximum Gasteiger partial charge on any atom is 0.253 e. The molecule has 0 fully saturated rings. The summed E-state index contributed by atoms with van der Waals surface area (Å²) < 4.78 is 0. The average Bonchev–Trinajstić information content (AvgIpc) is 2.48. The lowest BCUT2D eigenvalue weighted by molar-refractivity contribution is -0.115. The van der Waals surface area contributed by atoms with E-state index in [1.165, 1.54) is 6.20 Å². The highest BCUT2D eigenvalue weighted by Crippen LogP contribution is 2.19. The third-order valence-electron chi connectivity index (χ3n) is 2.80. The van der Waals surface area contributed by atoms with Crippen molar-refractivity contribution in [3.63, 3.8) is 0 Å². The van der Waals surface area contributed by atoms with Crippen LogP contribution in [0.15, 0.2) is 42.7 Å². The molecule has 0 bridgehead atoms. The number of aryl methyl sites for hydroxylation is 1. The number of hydrogen-bond donors (Lipinski definition) is 2. The topological polar surface area (TPSA) is 71.1 Å². The van der Waals surface area contributed by atoms with Crippen molar-refractivity contribution in [3.05, 3.63) is 58.9 Å². The summed E-state index contributed by atoms with van der Waals surface area (Å²) in [6.07, 6.45) is 3.02. The first-order valence-corrected chi connectivity index (χ1v) is 6.68. The minimum Gasteiger partial charge on any atom is -0.343 e. The lowest BCUT2D eigenvalue weighted by atomic mass is 10.2. The fourth-order valence-electron chi connectivity index (χ4n) is 1.72. The molecule has 2 rings (SSSR count). The second-order valence-electron chi connectivity index (χ2n) is 4.43. The minimum absolute atomic E-state index is 0.115. The fraction of sp³-hybridized carbons (Fsp3) is 0.133. The summed E-state index contributed by atoms with van der Waals surface area (Å²) in [5, 5.41) is 5.86. The summed E-state index contributed by atoms with van der Waals surface area (Å²) in [7, 11) is 0. The molecule has 108 valence electrons. The molecule has 0 saturated carbocycles. The number of rotatable bonds is 4. The van der Waals surface area contributed by atoms with Gasteiger partial charge in [-0.15, -0.1) is 0 Å². The predicted octanol–water partition coefficient (Wildman–Crippen LogP) is 2.41. The van der Waals surface area contributed by atoms with E-state index in [1.54, 1.807) is 36.5 Å². The molecular weight excluding hydrogens is 290 g/mol. The number of halogens is 1. The monoisotopic (exact) mass is 303 g/mol. The molecule has 2 N–H and O–H groups in total. The lowest BCUT2D eigenvalue weighted by Gasteiger charge is -2.09. The molecule has 0 radical (unpaired) electrons. The predicted molar refractivity (Wildman–Crippen MR) is 81.4 cm³/mol. The van der Waals surface area contributed by atoms with Gasteiger partial charge in [0.1, 0.15) is 0 Å². The van der Waals surface area contributed by atoms with E-state index in [0.29, 0.717) is 16.3 Å². The number of pyridine rings is 1. The maximum absolute atomic E-state index is 11.8. The molecule has 0 unspecified atom stereocenters. The molecule has 0 aliphatic heterocycles. The number of nitrogens with zero attached hydrogens (tertiary/aromatic N) is 1. The van der Waals surface area contributed by atoms with Crippen LogP contribution in [0.1, 0.15) is 15.9 Å². The van der Waals surface area contributed by atoms with Crippen molar-refractivity contribution in [1.82, 2.24) is 10.3 Å². The minimum atomic E-state index is -0.342. The molecule has 0 atom stereocenters. The Morgan fingerprint density at radius 2 is 2.10 bits per heavy atom. The third-order valence-corrected chi connectivity index (χ3v) is 3.03. The van der Waals surface area contributed by atoms with Gasteiger partial charge >= 0.3 is 0 Å². The van der Waals surface area contributed by atoms with E-state index in [1.807, 2.05) is 6.92 Å². The van der Waals surface area contributed by atoms with E-state index in [-0.39, 0.29) is 18.4 Å². The van der Waals surface area contributed by atoms with Gasteiger partial charge in [-0.1, -0.05) is 11.6 Å². The number of carbonyl (C=O) groups excluding carboxylic acids is 2. The van der Waals surface area contributed by atoms with E-state index >= 15 is 0 Å². The van der Waals surface area contributed by atoms with Gasteiger partial charge < -0.3 is 10.6 Å². The molecule has 0 saturated heterocycles. The summed E-state index contributed by atoms with van der Waals surface area (Å²) in [4.78, 5) is 27.4. The van der Waals surface area contributed by atoms with Gasteiger partial charge in [-0.2, -0.15) is 0 Å². The normalized spacial score (nSPS) is 10.0. The fourth-order valence-corrected chi connectivity index (χ4v) is 1.95. The van der Waals surface area contributed by atoms with Crippen LogP contribution < -0.4 is 10.6 Å². The Hall–Kier alpha value is -2.40. The van der Waals surface area contributed by atoms with Gasteiger partial charge in [0.05, 0.1) is 12.1 Å². The van der Waals surface area contributed by atoms with Gasteiger partial charge in [-0.3, -0.25) is 14.6 Å². The third kappa shape index (κ3) is 4.29. The van der Waals surface area contributed by atoms with Crippen LogP contribution in [0.3, 0.4) is 0 Å². The van der Waals surface area contributed by atoms with Crippen LogP contribution in [0.2, 0.25) is 5.02 Å². The molecule has 0 aliphatic rings. The molecule has 1 aromatic heterocycles. The van der Waals surface area contributed by atoms with E-state index in [9.17, 15) is 9.59 Å². The average molecular weight is 304 g/mol. The number of anilines is 1. The summed E-state index contributed by atoms with van der Waals surface area (Å²) in [5.41, 5.74) is 1.93. The van der Waals surface area contributed by atoms with Crippen LogP contribution in [-0.2, 0) is 4.79 Å². The summed E-state index contributed by atoms with van der Waals surface area (Å²) in [6.45, 7) is 1.73. The summed E-state index contributed by atoms with van der Waals surface area (Å²) in [5.74, 6) is -0.649. The quantitative estimate of drug-likeness (QED) is 0.911.